The summed E-state index contributed by atoms with van der Waals surface area (Å²) in [4.78, 5) is 11.7. The molecule has 0 amide bonds. The lowest BCUT2D eigenvalue weighted by Gasteiger charge is -2.32. The minimum atomic E-state index is 0.133. The van der Waals surface area contributed by atoms with Crippen molar-refractivity contribution in [2.24, 2.45) is 5.41 Å². The van der Waals surface area contributed by atoms with Crippen LogP contribution in [-0.2, 0) is 4.79 Å². The lowest BCUT2D eigenvalue weighted by atomic mass is 9.72. The molecule has 0 aliphatic heterocycles. The van der Waals surface area contributed by atoms with E-state index in [4.69, 9.17) is 0 Å². The molecule has 1 nitrogen and oxygen atoms in total. The first-order valence-corrected chi connectivity index (χ1v) is 7.40. The van der Waals surface area contributed by atoms with Crippen molar-refractivity contribution >= 4 is 5.78 Å². The summed E-state index contributed by atoms with van der Waals surface area (Å²) in [7, 11) is 0. The van der Waals surface area contributed by atoms with E-state index in [0.717, 1.165) is 18.4 Å². The van der Waals surface area contributed by atoms with Crippen LogP contribution in [0.5, 0.6) is 0 Å². The molecule has 0 bridgehead atoms. The van der Waals surface area contributed by atoms with E-state index in [2.05, 4.69) is 27.4 Å². The fourth-order valence-electron chi connectivity index (χ4n) is 2.70. The number of rotatable bonds is 7. The maximum Gasteiger partial charge on any atom is 0.181 e. The van der Waals surface area contributed by atoms with Gasteiger partial charge in [0.05, 0.1) is 0 Å². The van der Waals surface area contributed by atoms with Crippen LogP contribution in [-0.4, -0.2) is 5.78 Å². The van der Waals surface area contributed by atoms with Crippen molar-refractivity contribution in [2.75, 3.05) is 0 Å². The molecule has 0 unspecified atom stereocenters. The topological polar surface area (TPSA) is 17.1 Å². The van der Waals surface area contributed by atoms with E-state index in [1.807, 2.05) is 6.08 Å². The molecule has 18 heavy (non-hydrogen) atoms. The molecule has 0 saturated carbocycles. The molecule has 0 spiro atoms. The third-order valence-electron chi connectivity index (χ3n) is 3.98. The van der Waals surface area contributed by atoms with Gasteiger partial charge in [0.25, 0.3) is 0 Å². The van der Waals surface area contributed by atoms with Gasteiger partial charge < -0.3 is 0 Å². The lowest BCUT2D eigenvalue weighted by Crippen LogP contribution is -2.23. The Hall–Kier alpha value is -0.850. The summed E-state index contributed by atoms with van der Waals surface area (Å²) in [5, 5.41) is 0. The van der Waals surface area contributed by atoms with Gasteiger partial charge in [-0.2, -0.15) is 0 Å². The smallest absolute Gasteiger partial charge is 0.181 e. The van der Waals surface area contributed by atoms with E-state index in [1.54, 1.807) is 0 Å². The predicted molar refractivity (Wildman–Crippen MR) is 78.6 cm³/mol. The highest BCUT2D eigenvalue weighted by molar-refractivity contribution is 6.05. The molecule has 1 rings (SSSR count). The Morgan fingerprint density at radius 1 is 1.17 bits per heavy atom. The molecular formula is C17H28O. The first kappa shape index (κ1) is 15.2. The van der Waals surface area contributed by atoms with E-state index in [9.17, 15) is 4.79 Å². The van der Waals surface area contributed by atoms with Crippen molar-refractivity contribution in [3.63, 3.8) is 0 Å². The van der Waals surface area contributed by atoms with Crippen LogP contribution in [0.3, 0.4) is 0 Å². The van der Waals surface area contributed by atoms with Gasteiger partial charge in [-0.15, -0.1) is 0 Å². The van der Waals surface area contributed by atoms with Gasteiger partial charge in [0.15, 0.2) is 5.78 Å². The zero-order valence-electron chi connectivity index (χ0n) is 12.3. The van der Waals surface area contributed by atoms with Crippen molar-refractivity contribution in [2.45, 2.75) is 72.1 Å². The molecule has 0 radical (unpaired) electrons. The minimum Gasteiger partial charge on any atom is -0.290 e. The van der Waals surface area contributed by atoms with E-state index < -0.39 is 0 Å². The number of carbonyl (C=O) groups is 1. The fourth-order valence-corrected chi connectivity index (χ4v) is 2.70. The molecule has 1 heteroatoms. The van der Waals surface area contributed by atoms with Crippen LogP contribution in [0.1, 0.15) is 72.1 Å². The van der Waals surface area contributed by atoms with E-state index in [0.29, 0.717) is 0 Å². The Kier molecular flexibility index (Phi) is 5.84. The second-order valence-electron chi connectivity index (χ2n) is 6.22. The molecule has 0 N–H and O–H groups in total. The third-order valence-corrected chi connectivity index (χ3v) is 3.98. The lowest BCUT2D eigenvalue weighted by molar-refractivity contribution is -0.112. The average Bonchev–Trinajstić information content (AvgIpc) is 2.29. The van der Waals surface area contributed by atoms with Crippen LogP contribution in [0.4, 0.5) is 0 Å². The Bertz CT molecular complexity index is 334. The summed E-state index contributed by atoms with van der Waals surface area (Å²) in [5.41, 5.74) is 2.23. The van der Waals surface area contributed by atoms with Crippen LogP contribution < -0.4 is 0 Å². The van der Waals surface area contributed by atoms with Crippen LogP contribution in [0.2, 0.25) is 0 Å². The van der Waals surface area contributed by atoms with Gasteiger partial charge in [-0.3, -0.25) is 4.79 Å². The Morgan fingerprint density at radius 3 is 2.44 bits per heavy atom. The quantitative estimate of drug-likeness (QED) is 0.446. The molecular weight excluding hydrogens is 220 g/mol. The van der Waals surface area contributed by atoms with Gasteiger partial charge >= 0.3 is 0 Å². The largest absolute Gasteiger partial charge is 0.290 e. The Morgan fingerprint density at radius 2 is 1.78 bits per heavy atom. The summed E-state index contributed by atoms with van der Waals surface area (Å²) in [6.07, 6.45) is 11.6. The number of hydrogen-bond donors (Lipinski definition) is 0. The highest BCUT2D eigenvalue weighted by Crippen LogP contribution is 2.39. The molecule has 0 heterocycles. The van der Waals surface area contributed by atoms with Crippen molar-refractivity contribution in [1.29, 1.82) is 0 Å². The first-order chi connectivity index (χ1) is 8.47. The summed E-state index contributed by atoms with van der Waals surface area (Å²) in [6, 6.07) is 0. The van der Waals surface area contributed by atoms with E-state index in [1.165, 1.54) is 44.1 Å². The molecule has 0 atom stereocenters. The number of carbonyl (C=O) groups excluding carboxylic acids is 1. The molecule has 0 saturated heterocycles. The standard InChI is InChI=1S/C17H28O/c1-5-6-7-8-9-10-11-15-12-16(18)14(2)13-17(15,3)4/h12H,2,5-11,13H2,1,3-4H3. The van der Waals surface area contributed by atoms with Crippen molar-refractivity contribution in [3.8, 4) is 0 Å². The summed E-state index contributed by atoms with van der Waals surface area (Å²) < 4.78 is 0. The minimum absolute atomic E-state index is 0.133. The van der Waals surface area contributed by atoms with Crippen molar-refractivity contribution in [1.82, 2.24) is 0 Å². The van der Waals surface area contributed by atoms with E-state index >= 15 is 0 Å². The molecule has 1 aliphatic rings. The SMILES string of the molecule is C=C1CC(C)(C)C(CCCCCCCC)=CC1=O. The summed E-state index contributed by atoms with van der Waals surface area (Å²) >= 11 is 0. The summed E-state index contributed by atoms with van der Waals surface area (Å²) in [6.45, 7) is 10.6. The second-order valence-corrected chi connectivity index (χ2v) is 6.22. The molecule has 0 aromatic carbocycles. The summed E-state index contributed by atoms with van der Waals surface area (Å²) in [5.74, 6) is 0.148. The van der Waals surface area contributed by atoms with Gasteiger partial charge in [0, 0.05) is 0 Å². The monoisotopic (exact) mass is 248 g/mol. The number of hydrogen-bond acceptors (Lipinski definition) is 1. The Balaban J connectivity index is 2.38. The molecule has 0 aromatic rings. The van der Waals surface area contributed by atoms with Crippen LogP contribution >= 0.6 is 0 Å². The van der Waals surface area contributed by atoms with Crippen molar-refractivity contribution < 1.29 is 4.79 Å². The molecule has 1 aliphatic carbocycles. The zero-order valence-corrected chi connectivity index (χ0v) is 12.3. The average molecular weight is 248 g/mol. The highest BCUT2D eigenvalue weighted by Gasteiger charge is 2.30. The number of ketones is 1. The van der Waals surface area contributed by atoms with Gasteiger partial charge in [-0.1, -0.05) is 65.0 Å². The maximum absolute atomic E-state index is 11.7. The highest BCUT2D eigenvalue weighted by atomic mass is 16.1. The van der Waals surface area contributed by atoms with Crippen LogP contribution in [0, 0.1) is 5.41 Å². The third kappa shape index (κ3) is 4.44. The number of allylic oxidation sites excluding steroid dienone is 3. The van der Waals surface area contributed by atoms with E-state index in [-0.39, 0.29) is 11.2 Å². The van der Waals surface area contributed by atoms with Crippen molar-refractivity contribution in [3.05, 3.63) is 23.8 Å². The van der Waals surface area contributed by atoms with Crippen LogP contribution in [0.15, 0.2) is 23.8 Å². The van der Waals surface area contributed by atoms with Crippen LogP contribution in [0.25, 0.3) is 0 Å². The number of unbranched alkanes of at least 4 members (excludes halogenated alkanes) is 5. The van der Waals surface area contributed by atoms with Gasteiger partial charge in [-0.05, 0) is 36.3 Å². The second kappa shape index (κ2) is 6.92. The Labute approximate surface area is 112 Å². The predicted octanol–water partition coefficient (Wildman–Crippen LogP) is 5.22. The maximum atomic E-state index is 11.7. The zero-order chi connectivity index (χ0) is 13.6. The van der Waals surface area contributed by atoms with Gasteiger partial charge in [-0.25, -0.2) is 0 Å². The first-order valence-electron chi connectivity index (χ1n) is 7.40. The van der Waals surface area contributed by atoms with Gasteiger partial charge in [0.2, 0.25) is 0 Å². The molecule has 0 aromatic heterocycles. The normalized spacial score (nSPS) is 18.9. The molecule has 0 fully saturated rings. The molecule has 102 valence electrons. The fraction of sp³-hybridized carbons (Fsp3) is 0.706. The van der Waals surface area contributed by atoms with Gasteiger partial charge in [0.1, 0.15) is 0 Å².